The first-order chi connectivity index (χ1) is 17.0. The van der Waals surface area contributed by atoms with Crippen molar-refractivity contribution in [2.24, 2.45) is 5.41 Å². The van der Waals surface area contributed by atoms with Crippen molar-refractivity contribution in [3.8, 4) is 12.3 Å². The molecule has 1 aromatic carbocycles. The Labute approximate surface area is 210 Å². The van der Waals surface area contributed by atoms with Gasteiger partial charge in [0.05, 0.1) is 41.9 Å². The molecule has 3 rings (SSSR count). The van der Waals surface area contributed by atoms with E-state index in [9.17, 15) is 14.4 Å². The number of pyridine rings is 1. The molecule has 0 aliphatic carbocycles. The molecule has 0 bridgehead atoms. The molecule has 9 nitrogen and oxygen atoms in total. The number of hydrogen-bond acceptors (Lipinski definition) is 8. The lowest BCUT2D eigenvalue weighted by Gasteiger charge is -2.23. The van der Waals surface area contributed by atoms with Crippen LogP contribution >= 0.6 is 0 Å². The van der Waals surface area contributed by atoms with E-state index in [1.54, 1.807) is 52.1 Å². The van der Waals surface area contributed by atoms with E-state index in [0.717, 1.165) is 11.1 Å². The highest BCUT2D eigenvalue weighted by Crippen LogP contribution is 2.22. The van der Waals surface area contributed by atoms with Crippen molar-refractivity contribution in [3.63, 3.8) is 0 Å². The summed E-state index contributed by atoms with van der Waals surface area (Å²) >= 11 is 0. The summed E-state index contributed by atoms with van der Waals surface area (Å²) in [6.45, 7) is 9.36. The third-order valence-corrected chi connectivity index (χ3v) is 5.69. The van der Waals surface area contributed by atoms with Crippen LogP contribution in [0.5, 0.6) is 0 Å². The van der Waals surface area contributed by atoms with Gasteiger partial charge in [-0.15, -0.1) is 6.42 Å². The van der Waals surface area contributed by atoms with Crippen LogP contribution in [-0.4, -0.2) is 40.1 Å². The molecule has 2 aromatic heterocycles. The Balaban J connectivity index is 1.96. The van der Waals surface area contributed by atoms with E-state index in [0.29, 0.717) is 29.0 Å². The van der Waals surface area contributed by atoms with Crippen LogP contribution in [0, 0.1) is 31.6 Å². The minimum atomic E-state index is -0.684. The fourth-order valence-electron chi connectivity index (χ4n) is 3.54. The molecule has 188 valence electrons. The predicted molar refractivity (Wildman–Crippen MR) is 136 cm³/mol. The second-order valence-corrected chi connectivity index (χ2v) is 9.45. The van der Waals surface area contributed by atoms with Crippen molar-refractivity contribution in [1.82, 2.24) is 14.5 Å². The molecule has 9 heteroatoms. The summed E-state index contributed by atoms with van der Waals surface area (Å²) in [7, 11) is 1.30. The summed E-state index contributed by atoms with van der Waals surface area (Å²) in [6.07, 6.45) is 7.16. The Morgan fingerprint density at radius 3 is 2.50 bits per heavy atom. The first-order valence-corrected chi connectivity index (χ1v) is 11.4. The molecule has 3 aromatic rings. The Morgan fingerprint density at radius 2 is 1.92 bits per heavy atom. The van der Waals surface area contributed by atoms with Crippen molar-refractivity contribution in [1.29, 1.82) is 0 Å². The molecular formula is C27H30N4O5. The van der Waals surface area contributed by atoms with E-state index in [1.165, 1.54) is 11.7 Å². The number of nitrogens with zero attached hydrogens (tertiary/aromatic N) is 4. The number of benzene rings is 1. The molecule has 0 fully saturated rings. The lowest BCUT2D eigenvalue weighted by molar-refractivity contribution is -0.157. The summed E-state index contributed by atoms with van der Waals surface area (Å²) in [4.78, 5) is 47.9. The maximum absolute atomic E-state index is 13.3. The largest absolute Gasteiger partial charge is 0.464 e. The summed E-state index contributed by atoms with van der Waals surface area (Å²) in [5.41, 5.74) is 2.29. The fourth-order valence-corrected chi connectivity index (χ4v) is 3.54. The van der Waals surface area contributed by atoms with Crippen LogP contribution in [0.25, 0.3) is 10.9 Å². The normalized spacial score (nSPS) is 11.1. The number of rotatable bonds is 7. The zero-order valence-corrected chi connectivity index (χ0v) is 21.4. The number of aromatic nitrogens is 3. The number of aryl methyl sites for hydroxylation is 2. The van der Waals surface area contributed by atoms with Gasteiger partial charge in [0.1, 0.15) is 11.5 Å². The van der Waals surface area contributed by atoms with Crippen molar-refractivity contribution in [2.45, 2.75) is 47.9 Å². The summed E-state index contributed by atoms with van der Waals surface area (Å²) in [6, 6.07) is 6.97. The fraction of sp³-hybridized carbons (Fsp3) is 0.370. The maximum Gasteiger partial charge on any atom is 0.356 e. The highest BCUT2D eigenvalue weighted by Gasteiger charge is 2.23. The number of carbonyl (C=O) groups excluding carboxylic acids is 2. The minimum absolute atomic E-state index is 0.193. The molecule has 36 heavy (non-hydrogen) atoms. The van der Waals surface area contributed by atoms with Crippen LogP contribution in [-0.2, 0) is 27.5 Å². The monoisotopic (exact) mass is 490 g/mol. The van der Waals surface area contributed by atoms with Crippen LogP contribution in [0.3, 0.4) is 0 Å². The Bertz CT molecular complexity index is 1400. The second kappa shape index (κ2) is 10.6. The molecule has 0 spiro atoms. The third-order valence-electron chi connectivity index (χ3n) is 5.69. The lowest BCUT2D eigenvalue weighted by Crippen LogP contribution is -2.30. The third kappa shape index (κ3) is 5.71. The molecule has 0 aliphatic heterocycles. The minimum Gasteiger partial charge on any atom is -0.464 e. The Kier molecular flexibility index (Phi) is 7.78. The van der Waals surface area contributed by atoms with E-state index < -0.39 is 17.4 Å². The topological polar surface area (TPSA) is 104 Å². The van der Waals surface area contributed by atoms with Gasteiger partial charge in [0, 0.05) is 6.54 Å². The van der Waals surface area contributed by atoms with Gasteiger partial charge in [-0.05, 0) is 70.0 Å². The molecule has 0 N–H and O–H groups in total. The molecule has 0 saturated heterocycles. The zero-order valence-electron chi connectivity index (χ0n) is 21.4. The molecule has 0 saturated carbocycles. The SMILES string of the molecule is C#CCN(Cc1cc2c(=O)n(COC(=O)C(C)(C)C)c(C)nc2cc1C)c1ccc(C(=O)OC)nc1. The smallest absolute Gasteiger partial charge is 0.356 e. The quantitative estimate of drug-likeness (QED) is 0.367. The average Bonchev–Trinajstić information content (AvgIpc) is 2.83. The molecule has 0 unspecified atom stereocenters. The van der Waals surface area contributed by atoms with E-state index >= 15 is 0 Å². The van der Waals surface area contributed by atoms with Gasteiger partial charge in [-0.1, -0.05) is 5.92 Å². The second-order valence-electron chi connectivity index (χ2n) is 9.45. The molecule has 0 atom stereocenters. The number of carbonyl (C=O) groups is 2. The van der Waals surface area contributed by atoms with Gasteiger partial charge < -0.3 is 14.4 Å². The molecular weight excluding hydrogens is 460 g/mol. The van der Waals surface area contributed by atoms with E-state index in [4.69, 9.17) is 15.9 Å². The van der Waals surface area contributed by atoms with E-state index in [-0.39, 0.29) is 24.5 Å². The van der Waals surface area contributed by atoms with Crippen LogP contribution in [0.15, 0.2) is 35.3 Å². The van der Waals surface area contributed by atoms with Gasteiger partial charge in [0.15, 0.2) is 6.73 Å². The maximum atomic E-state index is 13.3. The predicted octanol–water partition coefficient (Wildman–Crippen LogP) is 3.38. The van der Waals surface area contributed by atoms with Gasteiger partial charge >= 0.3 is 11.9 Å². The number of terminal acetylenes is 1. The number of ether oxygens (including phenoxy) is 2. The van der Waals surface area contributed by atoms with Gasteiger partial charge in [-0.3, -0.25) is 14.2 Å². The first-order valence-electron chi connectivity index (χ1n) is 11.4. The first kappa shape index (κ1) is 26.4. The van der Waals surface area contributed by atoms with Gasteiger partial charge in [0.25, 0.3) is 5.56 Å². The molecule has 0 radical (unpaired) electrons. The van der Waals surface area contributed by atoms with Gasteiger partial charge in [-0.25, -0.2) is 14.8 Å². The number of anilines is 1. The van der Waals surface area contributed by atoms with Gasteiger partial charge in [0.2, 0.25) is 0 Å². The molecule has 2 heterocycles. The lowest BCUT2D eigenvalue weighted by atomic mass is 9.98. The Hall–Kier alpha value is -4.19. The number of fused-ring (bicyclic) bond motifs is 1. The van der Waals surface area contributed by atoms with E-state index in [2.05, 4.69) is 15.9 Å². The van der Waals surface area contributed by atoms with Crippen LogP contribution in [0.4, 0.5) is 5.69 Å². The number of methoxy groups -OCH3 is 1. The standard InChI is InChI=1S/C27H30N4O5/c1-8-11-30(20-9-10-22(28-14-20)25(33)35-7)15-19-13-21-23(12-17(19)2)29-18(3)31(24(21)32)16-36-26(34)27(4,5)6/h1,9-10,12-14H,11,15-16H2,2-7H3. The highest BCUT2D eigenvalue weighted by molar-refractivity contribution is 5.87. The van der Waals surface area contributed by atoms with Crippen molar-refractivity contribution in [3.05, 3.63) is 63.5 Å². The van der Waals surface area contributed by atoms with Crippen LogP contribution in [0.1, 0.15) is 48.2 Å². The van der Waals surface area contributed by atoms with Crippen molar-refractivity contribution in [2.75, 3.05) is 18.6 Å². The summed E-state index contributed by atoms with van der Waals surface area (Å²) in [5.74, 6) is 2.16. The summed E-state index contributed by atoms with van der Waals surface area (Å²) in [5, 5.41) is 0.410. The van der Waals surface area contributed by atoms with Gasteiger partial charge in [-0.2, -0.15) is 0 Å². The van der Waals surface area contributed by atoms with Crippen LogP contribution < -0.4 is 10.5 Å². The zero-order chi connectivity index (χ0) is 26.6. The molecule has 0 amide bonds. The van der Waals surface area contributed by atoms with Crippen molar-refractivity contribution < 1.29 is 19.1 Å². The highest BCUT2D eigenvalue weighted by atomic mass is 16.5. The molecule has 0 aliphatic rings. The number of esters is 2. The van der Waals surface area contributed by atoms with Crippen LogP contribution in [0.2, 0.25) is 0 Å². The number of hydrogen-bond donors (Lipinski definition) is 0. The Morgan fingerprint density at radius 1 is 1.19 bits per heavy atom. The van der Waals surface area contributed by atoms with E-state index in [1.807, 2.05) is 17.9 Å². The average molecular weight is 491 g/mol. The van der Waals surface area contributed by atoms with Crippen molar-refractivity contribution >= 4 is 28.5 Å². The summed E-state index contributed by atoms with van der Waals surface area (Å²) < 4.78 is 11.4.